The summed E-state index contributed by atoms with van der Waals surface area (Å²) in [5.41, 5.74) is 2.10. The Bertz CT molecular complexity index is 554. The summed E-state index contributed by atoms with van der Waals surface area (Å²) >= 11 is 0. The highest BCUT2D eigenvalue weighted by Gasteiger charge is 2.11. The number of hydrogen-bond acceptors (Lipinski definition) is 5. The standard InChI is InChI=1S/C12H12N4O2/c1-9-6-14-10(7-13-9)8-15-11-4-2-3-5-12(11)16(17)18/h2-7,15H,8H2,1H3. The zero-order valence-electron chi connectivity index (χ0n) is 9.83. The number of benzene rings is 1. The monoisotopic (exact) mass is 244 g/mol. The maximum Gasteiger partial charge on any atom is 0.292 e. The molecule has 0 spiro atoms. The zero-order chi connectivity index (χ0) is 13.0. The Labute approximate surface area is 104 Å². The van der Waals surface area contributed by atoms with Gasteiger partial charge in [-0.1, -0.05) is 12.1 Å². The number of nitro benzene ring substituents is 1. The molecule has 2 aromatic rings. The average Bonchev–Trinajstić information content (AvgIpc) is 2.38. The minimum atomic E-state index is -0.414. The normalized spacial score (nSPS) is 10.1. The molecule has 0 aliphatic carbocycles. The van der Waals surface area contributed by atoms with E-state index in [2.05, 4.69) is 15.3 Å². The molecular weight excluding hydrogens is 232 g/mol. The van der Waals surface area contributed by atoms with E-state index in [4.69, 9.17) is 0 Å². The third-order valence-electron chi connectivity index (χ3n) is 2.40. The minimum Gasteiger partial charge on any atom is -0.374 e. The maximum atomic E-state index is 10.8. The molecule has 1 aromatic heterocycles. The van der Waals surface area contributed by atoms with E-state index < -0.39 is 4.92 Å². The van der Waals surface area contributed by atoms with E-state index in [-0.39, 0.29) is 5.69 Å². The third kappa shape index (κ3) is 2.79. The molecule has 0 saturated heterocycles. The molecule has 0 fully saturated rings. The van der Waals surface area contributed by atoms with Gasteiger partial charge in [0.2, 0.25) is 0 Å². The highest BCUT2D eigenvalue weighted by atomic mass is 16.6. The summed E-state index contributed by atoms with van der Waals surface area (Å²) in [7, 11) is 0. The van der Waals surface area contributed by atoms with Gasteiger partial charge in [0.25, 0.3) is 5.69 Å². The minimum absolute atomic E-state index is 0.0533. The topological polar surface area (TPSA) is 81.0 Å². The van der Waals surface area contributed by atoms with E-state index in [1.54, 1.807) is 30.6 Å². The van der Waals surface area contributed by atoms with Gasteiger partial charge in [-0.25, -0.2) is 0 Å². The second-order valence-corrected chi connectivity index (χ2v) is 3.78. The van der Waals surface area contributed by atoms with Crippen molar-refractivity contribution in [3.63, 3.8) is 0 Å². The van der Waals surface area contributed by atoms with Crippen LogP contribution in [0, 0.1) is 17.0 Å². The predicted molar refractivity (Wildman–Crippen MR) is 67.2 cm³/mol. The molecule has 0 amide bonds. The molecule has 6 nitrogen and oxygen atoms in total. The largest absolute Gasteiger partial charge is 0.374 e. The van der Waals surface area contributed by atoms with Gasteiger partial charge in [-0.15, -0.1) is 0 Å². The number of hydrogen-bond donors (Lipinski definition) is 1. The van der Waals surface area contributed by atoms with E-state index in [0.717, 1.165) is 11.4 Å². The van der Waals surface area contributed by atoms with Gasteiger partial charge in [0.05, 0.1) is 29.1 Å². The van der Waals surface area contributed by atoms with Gasteiger partial charge < -0.3 is 5.32 Å². The summed E-state index contributed by atoms with van der Waals surface area (Å²) in [5, 5.41) is 13.8. The SMILES string of the molecule is Cc1cnc(CNc2ccccc2[N+](=O)[O-])cn1. The first-order valence-electron chi connectivity index (χ1n) is 5.41. The lowest BCUT2D eigenvalue weighted by molar-refractivity contribution is -0.384. The molecule has 18 heavy (non-hydrogen) atoms. The summed E-state index contributed by atoms with van der Waals surface area (Å²) < 4.78 is 0. The van der Waals surface area contributed by atoms with Gasteiger partial charge in [0, 0.05) is 12.3 Å². The van der Waals surface area contributed by atoms with Crippen LogP contribution in [-0.4, -0.2) is 14.9 Å². The molecule has 0 atom stereocenters. The molecule has 0 aliphatic heterocycles. The van der Waals surface area contributed by atoms with Crippen LogP contribution in [0.25, 0.3) is 0 Å². The Morgan fingerprint density at radius 1 is 1.28 bits per heavy atom. The van der Waals surface area contributed by atoms with Crippen molar-refractivity contribution in [3.8, 4) is 0 Å². The molecular formula is C12H12N4O2. The number of aryl methyl sites for hydroxylation is 1. The van der Waals surface area contributed by atoms with Gasteiger partial charge in [0.15, 0.2) is 0 Å². The number of anilines is 1. The highest BCUT2D eigenvalue weighted by molar-refractivity contribution is 5.61. The van der Waals surface area contributed by atoms with Crippen LogP contribution in [0.1, 0.15) is 11.4 Å². The molecule has 0 saturated carbocycles. The van der Waals surface area contributed by atoms with Crippen molar-refractivity contribution in [2.45, 2.75) is 13.5 Å². The first-order valence-corrected chi connectivity index (χ1v) is 5.41. The fourth-order valence-corrected chi connectivity index (χ4v) is 1.48. The molecule has 6 heteroatoms. The molecule has 1 aromatic carbocycles. The summed E-state index contributed by atoms with van der Waals surface area (Å²) in [5.74, 6) is 0. The summed E-state index contributed by atoms with van der Waals surface area (Å²) in [4.78, 5) is 18.7. The Morgan fingerprint density at radius 2 is 2.06 bits per heavy atom. The average molecular weight is 244 g/mol. The van der Waals surface area contributed by atoms with E-state index >= 15 is 0 Å². The van der Waals surface area contributed by atoms with Crippen LogP contribution < -0.4 is 5.32 Å². The van der Waals surface area contributed by atoms with Crippen molar-refractivity contribution in [1.29, 1.82) is 0 Å². The molecule has 0 aliphatic rings. The number of rotatable bonds is 4. The Kier molecular flexibility index (Phi) is 3.47. The molecule has 0 radical (unpaired) electrons. The van der Waals surface area contributed by atoms with Gasteiger partial charge in [0.1, 0.15) is 5.69 Å². The number of nitro groups is 1. The Balaban J connectivity index is 2.10. The smallest absolute Gasteiger partial charge is 0.292 e. The van der Waals surface area contributed by atoms with Crippen LogP contribution in [0.2, 0.25) is 0 Å². The molecule has 2 rings (SSSR count). The number of nitrogens with one attached hydrogen (secondary N) is 1. The summed E-state index contributed by atoms with van der Waals surface area (Å²) in [6.07, 6.45) is 3.31. The fourth-order valence-electron chi connectivity index (χ4n) is 1.48. The van der Waals surface area contributed by atoms with Gasteiger partial charge in [-0.05, 0) is 13.0 Å². The molecule has 0 unspecified atom stereocenters. The lowest BCUT2D eigenvalue weighted by Gasteiger charge is -2.06. The molecule has 1 heterocycles. The van der Waals surface area contributed by atoms with Crippen LogP contribution in [0.3, 0.4) is 0 Å². The van der Waals surface area contributed by atoms with Crippen LogP contribution >= 0.6 is 0 Å². The van der Waals surface area contributed by atoms with Gasteiger partial charge in [-0.2, -0.15) is 0 Å². The number of aromatic nitrogens is 2. The number of para-hydroxylation sites is 2. The molecule has 1 N–H and O–H groups in total. The van der Waals surface area contributed by atoms with Crippen molar-refractivity contribution in [1.82, 2.24) is 9.97 Å². The van der Waals surface area contributed by atoms with Crippen LogP contribution in [-0.2, 0) is 6.54 Å². The van der Waals surface area contributed by atoms with E-state index in [1.165, 1.54) is 6.07 Å². The van der Waals surface area contributed by atoms with Gasteiger partial charge in [-0.3, -0.25) is 20.1 Å². The second kappa shape index (κ2) is 5.22. The number of nitrogens with zero attached hydrogens (tertiary/aromatic N) is 3. The lowest BCUT2D eigenvalue weighted by atomic mass is 10.2. The van der Waals surface area contributed by atoms with E-state index in [1.807, 2.05) is 6.92 Å². The van der Waals surface area contributed by atoms with E-state index in [0.29, 0.717) is 12.2 Å². The second-order valence-electron chi connectivity index (χ2n) is 3.78. The van der Waals surface area contributed by atoms with Crippen molar-refractivity contribution in [2.75, 3.05) is 5.32 Å². The van der Waals surface area contributed by atoms with Crippen LogP contribution in [0.4, 0.5) is 11.4 Å². The highest BCUT2D eigenvalue weighted by Crippen LogP contribution is 2.23. The van der Waals surface area contributed by atoms with Crippen molar-refractivity contribution < 1.29 is 4.92 Å². The van der Waals surface area contributed by atoms with Crippen molar-refractivity contribution >= 4 is 11.4 Å². The van der Waals surface area contributed by atoms with E-state index in [9.17, 15) is 10.1 Å². The van der Waals surface area contributed by atoms with Gasteiger partial charge >= 0.3 is 0 Å². The quantitative estimate of drug-likeness (QED) is 0.659. The van der Waals surface area contributed by atoms with Crippen molar-refractivity contribution in [3.05, 3.63) is 58.2 Å². The Hall–Kier alpha value is -2.50. The third-order valence-corrected chi connectivity index (χ3v) is 2.40. The summed E-state index contributed by atoms with van der Waals surface area (Å²) in [6, 6.07) is 6.51. The Morgan fingerprint density at radius 3 is 2.72 bits per heavy atom. The van der Waals surface area contributed by atoms with Crippen LogP contribution in [0.5, 0.6) is 0 Å². The molecule has 92 valence electrons. The first kappa shape index (κ1) is 12.0. The lowest BCUT2D eigenvalue weighted by Crippen LogP contribution is -2.04. The molecule has 0 bridgehead atoms. The first-order chi connectivity index (χ1) is 8.66. The zero-order valence-corrected chi connectivity index (χ0v) is 9.83. The van der Waals surface area contributed by atoms with Crippen LogP contribution in [0.15, 0.2) is 36.7 Å². The van der Waals surface area contributed by atoms with Crippen molar-refractivity contribution in [2.24, 2.45) is 0 Å². The maximum absolute atomic E-state index is 10.8. The summed E-state index contributed by atoms with van der Waals surface area (Å²) in [6.45, 7) is 2.25. The predicted octanol–water partition coefficient (Wildman–Crippen LogP) is 2.31. The fraction of sp³-hybridized carbons (Fsp3) is 0.167.